The van der Waals surface area contributed by atoms with Crippen LogP contribution in [0.3, 0.4) is 0 Å². The van der Waals surface area contributed by atoms with Gasteiger partial charge in [0, 0.05) is 12.4 Å². The smallest absolute Gasteiger partial charge is 0.162 e. The van der Waals surface area contributed by atoms with Gasteiger partial charge in [-0.25, -0.2) is 4.98 Å². The Morgan fingerprint density at radius 3 is 2.62 bits per heavy atom. The molecule has 2 rings (SSSR count). The maximum atomic E-state index is 7.90. The van der Waals surface area contributed by atoms with Gasteiger partial charge >= 0.3 is 0 Å². The summed E-state index contributed by atoms with van der Waals surface area (Å²) in [5.74, 6) is 0.682. The quantitative estimate of drug-likeness (QED) is 0.629. The van der Waals surface area contributed by atoms with Gasteiger partial charge in [0.15, 0.2) is 5.82 Å². The predicted octanol–water partition coefficient (Wildman–Crippen LogP) is 1.98. The summed E-state index contributed by atoms with van der Waals surface area (Å²) >= 11 is 1.56. The van der Waals surface area contributed by atoms with Gasteiger partial charge in [-0.2, -0.15) is 5.10 Å². The second kappa shape index (κ2) is 6.62. The lowest BCUT2D eigenvalue weighted by Gasteiger charge is -2.22. The number of anilines is 1. The Morgan fingerprint density at radius 1 is 1.33 bits per heavy atom. The molecule has 2 heterocycles. The molecule has 0 saturated carbocycles. The summed E-state index contributed by atoms with van der Waals surface area (Å²) in [5.41, 5.74) is 11.2. The average molecular weight is 304 g/mol. The van der Waals surface area contributed by atoms with Gasteiger partial charge in [-0.05, 0) is 18.4 Å². The van der Waals surface area contributed by atoms with Gasteiger partial charge in [-0.3, -0.25) is 5.41 Å². The Kier molecular flexibility index (Phi) is 4.85. The van der Waals surface area contributed by atoms with E-state index in [9.17, 15) is 0 Å². The van der Waals surface area contributed by atoms with E-state index in [0.29, 0.717) is 17.9 Å². The summed E-state index contributed by atoms with van der Waals surface area (Å²) in [5, 5.41) is 18.5. The average Bonchev–Trinajstić information content (AvgIpc) is 2.98. The number of nitrogens with zero attached hydrogens (tertiary/aromatic N) is 4. The summed E-state index contributed by atoms with van der Waals surface area (Å²) in [7, 11) is 1.92. The molecule has 0 aliphatic carbocycles. The molecular weight excluding hydrogens is 284 g/mol. The van der Waals surface area contributed by atoms with Gasteiger partial charge in [0.1, 0.15) is 5.84 Å². The van der Waals surface area contributed by atoms with Crippen molar-refractivity contribution in [2.45, 2.75) is 33.2 Å². The molecule has 2 aromatic rings. The van der Waals surface area contributed by atoms with Crippen LogP contribution in [0, 0.1) is 5.41 Å². The normalized spacial score (nSPS) is 10.6. The lowest BCUT2D eigenvalue weighted by Crippen LogP contribution is -2.26. The number of aromatic nitrogens is 3. The van der Waals surface area contributed by atoms with Gasteiger partial charge in [-0.15, -0.1) is 16.4 Å². The highest BCUT2D eigenvalue weighted by molar-refractivity contribution is 7.07. The molecule has 0 atom stereocenters. The van der Waals surface area contributed by atoms with Crippen molar-refractivity contribution in [2.75, 3.05) is 11.9 Å². The predicted molar refractivity (Wildman–Crippen MR) is 86.0 cm³/mol. The first-order valence-corrected chi connectivity index (χ1v) is 7.83. The molecular formula is C14H20N6S. The Labute approximate surface area is 128 Å². The van der Waals surface area contributed by atoms with Crippen molar-refractivity contribution < 1.29 is 0 Å². The number of amidine groups is 1. The monoisotopic (exact) mass is 304 g/mol. The van der Waals surface area contributed by atoms with Gasteiger partial charge in [0.05, 0.1) is 29.0 Å². The van der Waals surface area contributed by atoms with Crippen molar-refractivity contribution in [1.29, 1.82) is 5.41 Å². The minimum absolute atomic E-state index is 0.0385. The van der Waals surface area contributed by atoms with Gasteiger partial charge < -0.3 is 10.6 Å². The number of nitrogens with one attached hydrogen (secondary N) is 1. The van der Waals surface area contributed by atoms with Crippen LogP contribution in [0.15, 0.2) is 10.9 Å². The Bertz CT molecular complexity index is 623. The summed E-state index contributed by atoms with van der Waals surface area (Å²) in [6.07, 6.45) is 1.57. The first-order chi connectivity index (χ1) is 10.1. The maximum Gasteiger partial charge on any atom is 0.162 e. The van der Waals surface area contributed by atoms with Crippen LogP contribution < -0.4 is 10.6 Å². The van der Waals surface area contributed by atoms with E-state index >= 15 is 0 Å². The fraction of sp³-hybridized carbons (Fsp3) is 0.429. The minimum atomic E-state index is 0.0385. The van der Waals surface area contributed by atoms with Crippen molar-refractivity contribution in [2.24, 2.45) is 5.73 Å². The van der Waals surface area contributed by atoms with E-state index < -0.39 is 0 Å². The van der Waals surface area contributed by atoms with Crippen LogP contribution in [0.5, 0.6) is 0 Å². The number of hydrogen-bond acceptors (Lipinski definition) is 6. The minimum Gasteiger partial charge on any atom is -0.384 e. The van der Waals surface area contributed by atoms with Crippen LogP contribution >= 0.6 is 11.3 Å². The van der Waals surface area contributed by atoms with E-state index in [4.69, 9.17) is 11.1 Å². The molecule has 0 spiro atoms. The molecule has 0 fully saturated rings. The summed E-state index contributed by atoms with van der Waals surface area (Å²) in [6, 6.07) is 0. The lowest BCUT2D eigenvalue weighted by atomic mass is 10.0. The first kappa shape index (κ1) is 15.4. The standard InChI is InChI=1S/C14H20N6S/c1-4-10-11(5-2)18-19-14(12(10)13(15)16)20(3)6-9-7-21-8-17-9/h7-8H,4-6H2,1-3H3,(H3,15,16). The third kappa shape index (κ3) is 3.18. The third-order valence-electron chi connectivity index (χ3n) is 3.34. The fourth-order valence-electron chi connectivity index (χ4n) is 2.35. The fourth-order valence-corrected chi connectivity index (χ4v) is 2.90. The molecule has 0 aliphatic rings. The first-order valence-electron chi connectivity index (χ1n) is 6.89. The molecule has 6 nitrogen and oxygen atoms in total. The number of hydrogen-bond donors (Lipinski definition) is 2. The molecule has 7 heteroatoms. The molecule has 21 heavy (non-hydrogen) atoms. The molecule has 0 radical (unpaired) electrons. The van der Waals surface area contributed by atoms with Crippen molar-refractivity contribution in [1.82, 2.24) is 15.2 Å². The van der Waals surface area contributed by atoms with E-state index in [1.807, 2.05) is 31.2 Å². The van der Waals surface area contributed by atoms with Crippen LogP contribution in [-0.2, 0) is 19.4 Å². The summed E-state index contributed by atoms with van der Waals surface area (Å²) < 4.78 is 0. The molecule has 2 aromatic heterocycles. The topological polar surface area (TPSA) is 91.8 Å². The number of aryl methyl sites for hydroxylation is 1. The van der Waals surface area contributed by atoms with Gasteiger partial charge in [-0.1, -0.05) is 13.8 Å². The zero-order chi connectivity index (χ0) is 15.4. The SMILES string of the molecule is CCc1nnc(N(C)Cc2cscn2)c(C(=N)N)c1CC. The Balaban J connectivity index is 2.45. The second-order valence-electron chi connectivity index (χ2n) is 4.78. The molecule has 0 aliphatic heterocycles. The summed E-state index contributed by atoms with van der Waals surface area (Å²) in [6.45, 7) is 4.70. The lowest BCUT2D eigenvalue weighted by molar-refractivity contribution is 0.811. The van der Waals surface area contributed by atoms with Crippen LogP contribution in [0.4, 0.5) is 5.82 Å². The zero-order valence-corrected chi connectivity index (χ0v) is 13.4. The second-order valence-corrected chi connectivity index (χ2v) is 5.50. The highest BCUT2D eigenvalue weighted by Gasteiger charge is 2.19. The summed E-state index contributed by atoms with van der Waals surface area (Å²) in [4.78, 5) is 6.22. The van der Waals surface area contributed by atoms with E-state index in [2.05, 4.69) is 15.2 Å². The molecule has 0 bridgehead atoms. The Hall–Kier alpha value is -2.02. The molecule has 0 unspecified atom stereocenters. The van der Waals surface area contributed by atoms with Crippen LogP contribution in [0.2, 0.25) is 0 Å². The van der Waals surface area contributed by atoms with Crippen LogP contribution in [-0.4, -0.2) is 28.1 Å². The number of rotatable bonds is 6. The highest BCUT2D eigenvalue weighted by atomic mass is 32.1. The van der Waals surface area contributed by atoms with Crippen molar-refractivity contribution in [3.8, 4) is 0 Å². The molecule has 0 saturated heterocycles. The number of thiazole rings is 1. The van der Waals surface area contributed by atoms with Gasteiger partial charge in [0.25, 0.3) is 0 Å². The zero-order valence-electron chi connectivity index (χ0n) is 12.6. The van der Waals surface area contributed by atoms with Crippen molar-refractivity contribution >= 4 is 23.0 Å². The molecule has 112 valence electrons. The Morgan fingerprint density at radius 2 is 2.10 bits per heavy atom. The molecule has 3 N–H and O–H groups in total. The number of nitrogen functional groups attached to an aromatic ring is 1. The van der Waals surface area contributed by atoms with Gasteiger partial charge in [0.2, 0.25) is 0 Å². The largest absolute Gasteiger partial charge is 0.384 e. The van der Waals surface area contributed by atoms with Crippen LogP contribution in [0.1, 0.15) is 36.4 Å². The van der Waals surface area contributed by atoms with E-state index in [-0.39, 0.29) is 5.84 Å². The third-order valence-corrected chi connectivity index (χ3v) is 3.98. The van der Waals surface area contributed by atoms with E-state index in [1.165, 1.54) is 0 Å². The van der Waals surface area contributed by atoms with Crippen molar-refractivity contribution in [3.63, 3.8) is 0 Å². The highest BCUT2D eigenvalue weighted by Crippen LogP contribution is 2.24. The molecule has 0 amide bonds. The van der Waals surface area contributed by atoms with E-state index in [0.717, 1.165) is 29.8 Å². The van der Waals surface area contributed by atoms with Crippen molar-refractivity contribution in [3.05, 3.63) is 33.4 Å². The maximum absolute atomic E-state index is 7.90. The van der Waals surface area contributed by atoms with E-state index in [1.54, 1.807) is 16.8 Å². The molecule has 0 aromatic carbocycles. The van der Waals surface area contributed by atoms with Crippen LogP contribution in [0.25, 0.3) is 0 Å². The number of nitrogens with two attached hydrogens (primary N) is 1.